The minimum atomic E-state index is 0.835. The molecule has 0 aliphatic carbocycles. The Bertz CT molecular complexity index is 662. The normalized spacial score (nSPS) is 17.8. The molecule has 0 fully saturated rings. The number of rotatable bonds is 2. The van der Waals surface area contributed by atoms with Crippen LogP contribution in [0.5, 0.6) is 5.75 Å². The molecule has 3 heteroatoms. The highest BCUT2D eigenvalue weighted by atomic mass is 16.5. The van der Waals surface area contributed by atoms with E-state index in [0.29, 0.717) is 0 Å². The van der Waals surface area contributed by atoms with Gasteiger partial charge in [0.2, 0.25) is 0 Å². The second-order valence-electron chi connectivity index (χ2n) is 4.73. The van der Waals surface area contributed by atoms with Gasteiger partial charge in [0.25, 0.3) is 0 Å². The molecule has 0 atom stereocenters. The average molecular weight is 264 g/mol. The second kappa shape index (κ2) is 5.21. The molecule has 0 saturated heterocycles. The number of allylic oxidation sites excluding steroid dienone is 6. The molecule has 0 bridgehead atoms. The summed E-state index contributed by atoms with van der Waals surface area (Å²) in [5.74, 6) is 0.835. The highest BCUT2D eigenvalue weighted by Crippen LogP contribution is 2.34. The smallest absolute Gasteiger partial charge is 0.121 e. The van der Waals surface area contributed by atoms with E-state index in [-0.39, 0.29) is 0 Å². The van der Waals surface area contributed by atoms with Gasteiger partial charge in [-0.3, -0.25) is 4.99 Å². The molecule has 0 unspecified atom stereocenters. The molecule has 0 saturated carbocycles. The van der Waals surface area contributed by atoms with E-state index < -0.39 is 0 Å². The fourth-order valence-corrected chi connectivity index (χ4v) is 2.14. The zero-order valence-electron chi connectivity index (χ0n) is 11.6. The summed E-state index contributed by atoms with van der Waals surface area (Å²) in [6.45, 7) is 0. The van der Waals surface area contributed by atoms with Crippen LogP contribution in [0.4, 0.5) is 5.69 Å². The Morgan fingerprint density at radius 2 is 1.95 bits per heavy atom. The standard InChI is InChI=1S/C17H16N2O/c1-19-9-7-13(8-10-19)3-4-14-12-18-17-11-15(20-2)5-6-16(14)17/h3-12H,1-2H3. The summed E-state index contributed by atoms with van der Waals surface area (Å²) in [5.41, 5.74) is 4.40. The monoisotopic (exact) mass is 264 g/mol. The number of nitrogens with zero attached hydrogens (tertiary/aromatic N) is 2. The van der Waals surface area contributed by atoms with Crippen molar-refractivity contribution in [3.63, 3.8) is 0 Å². The van der Waals surface area contributed by atoms with Crippen molar-refractivity contribution in [1.29, 1.82) is 0 Å². The van der Waals surface area contributed by atoms with Gasteiger partial charge < -0.3 is 9.64 Å². The molecular weight excluding hydrogens is 248 g/mol. The molecule has 2 aliphatic heterocycles. The van der Waals surface area contributed by atoms with Crippen molar-refractivity contribution in [3.05, 3.63) is 66.0 Å². The van der Waals surface area contributed by atoms with Crippen molar-refractivity contribution >= 4 is 17.5 Å². The van der Waals surface area contributed by atoms with Crippen LogP contribution in [0.2, 0.25) is 0 Å². The SMILES string of the molecule is COc1ccc2c(c1)N=CC2=CC=C1C=CN(C)C=C1. The Balaban J connectivity index is 1.87. The maximum atomic E-state index is 5.21. The van der Waals surface area contributed by atoms with E-state index in [1.165, 1.54) is 5.57 Å². The first kappa shape index (κ1) is 12.5. The number of methoxy groups -OCH3 is 1. The highest BCUT2D eigenvalue weighted by Gasteiger charge is 2.12. The van der Waals surface area contributed by atoms with Crippen LogP contribution in [-0.2, 0) is 0 Å². The Morgan fingerprint density at radius 1 is 1.15 bits per heavy atom. The van der Waals surface area contributed by atoms with Gasteiger partial charge >= 0.3 is 0 Å². The van der Waals surface area contributed by atoms with Gasteiger partial charge in [0.1, 0.15) is 5.75 Å². The number of ether oxygens (including phenoxy) is 1. The predicted octanol–water partition coefficient (Wildman–Crippen LogP) is 3.69. The average Bonchev–Trinajstić information content (AvgIpc) is 2.89. The molecule has 2 aliphatic rings. The molecule has 3 rings (SSSR count). The third kappa shape index (κ3) is 2.43. The quantitative estimate of drug-likeness (QED) is 0.813. The van der Waals surface area contributed by atoms with Gasteiger partial charge in [-0.25, -0.2) is 0 Å². The summed E-state index contributed by atoms with van der Waals surface area (Å²) in [6.07, 6.45) is 14.3. The van der Waals surface area contributed by atoms with E-state index in [2.05, 4.69) is 29.3 Å². The number of benzene rings is 1. The van der Waals surface area contributed by atoms with Crippen molar-refractivity contribution in [2.24, 2.45) is 4.99 Å². The largest absolute Gasteiger partial charge is 0.497 e. The van der Waals surface area contributed by atoms with Gasteiger partial charge in [0.15, 0.2) is 0 Å². The molecule has 100 valence electrons. The minimum Gasteiger partial charge on any atom is -0.497 e. The third-order valence-electron chi connectivity index (χ3n) is 3.32. The maximum absolute atomic E-state index is 5.21. The number of aliphatic imine (C=N–C) groups is 1. The molecular formula is C17H16N2O. The van der Waals surface area contributed by atoms with Crippen LogP contribution in [0.3, 0.4) is 0 Å². The summed E-state index contributed by atoms with van der Waals surface area (Å²) in [5, 5.41) is 0. The number of hydrogen-bond acceptors (Lipinski definition) is 3. The van der Waals surface area contributed by atoms with Gasteiger partial charge in [-0.2, -0.15) is 0 Å². The second-order valence-corrected chi connectivity index (χ2v) is 4.73. The molecule has 0 amide bonds. The van der Waals surface area contributed by atoms with Crippen LogP contribution >= 0.6 is 0 Å². The lowest BCUT2D eigenvalue weighted by Crippen LogP contribution is -2.02. The number of fused-ring (bicyclic) bond motifs is 1. The molecule has 0 radical (unpaired) electrons. The topological polar surface area (TPSA) is 24.8 Å². The molecule has 3 nitrogen and oxygen atoms in total. The van der Waals surface area contributed by atoms with E-state index in [1.54, 1.807) is 7.11 Å². The third-order valence-corrected chi connectivity index (χ3v) is 3.32. The van der Waals surface area contributed by atoms with Gasteiger partial charge in [0.05, 0.1) is 12.8 Å². The van der Waals surface area contributed by atoms with Crippen molar-refractivity contribution in [1.82, 2.24) is 4.90 Å². The van der Waals surface area contributed by atoms with Crippen molar-refractivity contribution in [2.45, 2.75) is 0 Å². The Morgan fingerprint density at radius 3 is 2.70 bits per heavy atom. The molecule has 0 spiro atoms. The lowest BCUT2D eigenvalue weighted by atomic mass is 10.1. The molecule has 0 N–H and O–H groups in total. The predicted molar refractivity (Wildman–Crippen MR) is 83.2 cm³/mol. The molecule has 1 aromatic carbocycles. The van der Waals surface area contributed by atoms with Gasteiger partial charge in [-0.05, 0) is 29.9 Å². The summed E-state index contributed by atoms with van der Waals surface area (Å²) in [7, 11) is 3.68. The fraction of sp³-hybridized carbons (Fsp3) is 0.118. The van der Waals surface area contributed by atoms with Crippen LogP contribution in [0.25, 0.3) is 5.57 Å². The van der Waals surface area contributed by atoms with Gasteiger partial charge in [0, 0.05) is 42.9 Å². The van der Waals surface area contributed by atoms with Crippen LogP contribution in [0.1, 0.15) is 5.56 Å². The van der Waals surface area contributed by atoms with Crippen molar-refractivity contribution in [2.75, 3.05) is 14.2 Å². The molecule has 1 aromatic rings. The summed E-state index contributed by atoms with van der Waals surface area (Å²) in [4.78, 5) is 6.44. The van der Waals surface area contributed by atoms with Crippen LogP contribution in [0, 0.1) is 0 Å². The zero-order valence-corrected chi connectivity index (χ0v) is 11.6. The summed E-state index contributed by atoms with van der Waals surface area (Å²) in [6, 6.07) is 5.96. The van der Waals surface area contributed by atoms with Crippen molar-refractivity contribution in [3.8, 4) is 5.75 Å². The lowest BCUT2D eigenvalue weighted by Gasteiger charge is -2.11. The first-order valence-corrected chi connectivity index (χ1v) is 6.49. The van der Waals surface area contributed by atoms with Crippen LogP contribution in [-0.4, -0.2) is 25.3 Å². The Labute approximate surface area is 118 Å². The van der Waals surface area contributed by atoms with Gasteiger partial charge in [-0.1, -0.05) is 12.2 Å². The first-order chi connectivity index (χ1) is 9.76. The highest BCUT2D eigenvalue weighted by molar-refractivity contribution is 6.16. The van der Waals surface area contributed by atoms with E-state index >= 15 is 0 Å². The maximum Gasteiger partial charge on any atom is 0.121 e. The van der Waals surface area contributed by atoms with Crippen LogP contribution < -0.4 is 4.74 Å². The van der Waals surface area contributed by atoms with E-state index in [4.69, 9.17) is 4.74 Å². The van der Waals surface area contributed by atoms with Crippen LogP contribution in [0.15, 0.2) is 65.5 Å². The molecule has 0 aromatic heterocycles. The Hall–Kier alpha value is -2.55. The minimum absolute atomic E-state index is 0.835. The first-order valence-electron chi connectivity index (χ1n) is 6.49. The fourth-order valence-electron chi connectivity index (χ4n) is 2.14. The molecule has 2 heterocycles. The van der Waals surface area contributed by atoms with E-state index in [0.717, 1.165) is 22.6 Å². The number of hydrogen-bond donors (Lipinski definition) is 0. The molecule has 20 heavy (non-hydrogen) atoms. The zero-order chi connectivity index (χ0) is 13.9. The van der Waals surface area contributed by atoms with E-state index in [1.807, 2.05) is 48.8 Å². The van der Waals surface area contributed by atoms with Gasteiger partial charge in [-0.15, -0.1) is 0 Å². The summed E-state index contributed by atoms with van der Waals surface area (Å²) >= 11 is 0. The lowest BCUT2D eigenvalue weighted by molar-refractivity contribution is 0.415. The Kier molecular flexibility index (Phi) is 3.25. The summed E-state index contributed by atoms with van der Waals surface area (Å²) < 4.78 is 5.21. The van der Waals surface area contributed by atoms with E-state index in [9.17, 15) is 0 Å². The van der Waals surface area contributed by atoms with Crippen molar-refractivity contribution < 1.29 is 4.74 Å².